The monoisotopic (exact) mass is 384 g/mol. The molecule has 142 valence electrons. The summed E-state index contributed by atoms with van der Waals surface area (Å²) in [6.45, 7) is 6.24. The number of rotatable bonds is 5. The quantitative estimate of drug-likeness (QED) is 0.795. The number of hydrogen-bond acceptors (Lipinski definition) is 4. The SMILES string of the molecule is CC(C)CCc1nc2n(n1)CCN(S(=O)(=O)c1c(F)cccc1F)[C@@H]2C. The highest BCUT2D eigenvalue weighted by Gasteiger charge is 2.38. The lowest BCUT2D eigenvalue weighted by molar-refractivity contribution is 0.263. The maximum atomic E-state index is 14.0. The molecule has 6 nitrogen and oxygen atoms in total. The van der Waals surface area contributed by atoms with Crippen LogP contribution in [0.4, 0.5) is 8.78 Å². The van der Waals surface area contributed by atoms with Crippen LogP contribution < -0.4 is 0 Å². The minimum Gasteiger partial charge on any atom is -0.247 e. The fourth-order valence-electron chi connectivity index (χ4n) is 3.09. The molecule has 0 saturated heterocycles. The average Bonchev–Trinajstić information content (AvgIpc) is 2.96. The van der Waals surface area contributed by atoms with Crippen LogP contribution in [0.2, 0.25) is 0 Å². The second-order valence-corrected chi connectivity index (χ2v) is 8.71. The minimum atomic E-state index is -4.33. The summed E-state index contributed by atoms with van der Waals surface area (Å²) in [6, 6.07) is 2.36. The van der Waals surface area contributed by atoms with Crippen LogP contribution in [-0.2, 0) is 23.0 Å². The van der Waals surface area contributed by atoms with Crippen molar-refractivity contribution >= 4 is 10.0 Å². The van der Waals surface area contributed by atoms with Crippen LogP contribution in [0, 0.1) is 17.6 Å². The summed E-state index contributed by atoms with van der Waals surface area (Å²) in [5.41, 5.74) is 0. The smallest absolute Gasteiger partial charge is 0.247 e. The molecular formula is C17H22F2N4O2S. The number of benzene rings is 1. The number of hydrogen-bond donors (Lipinski definition) is 0. The van der Waals surface area contributed by atoms with Crippen LogP contribution >= 0.6 is 0 Å². The van der Waals surface area contributed by atoms with Crippen LogP contribution in [0.25, 0.3) is 0 Å². The molecule has 1 aromatic carbocycles. The summed E-state index contributed by atoms with van der Waals surface area (Å²) >= 11 is 0. The Kier molecular flexibility index (Phi) is 5.12. The van der Waals surface area contributed by atoms with Gasteiger partial charge in [-0.3, -0.25) is 0 Å². The Labute approximate surface area is 151 Å². The van der Waals surface area contributed by atoms with Gasteiger partial charge in [0.2, 0.25) is 10.0 Å². The zero-order valence-corrected chi connectivity index (χ0v) is 15.8. The van der Waals surface area contributed by atoms with Crippen molar-refractivity contribution in [3.8, 4) is 0 Å². The first kappa shape index (κ1) is 18.9. The molecule has 1 atom stereocenters. The molecule has 2 aromatic rings. The van der Waals surface area contributed by atoms with Crippen molar-refractivity contribution in [3.05, 3.63) is 41.5 Å². The van der Waals surface area contributed by atoms with Gasteiger partial charge >= 0.3 is 0 Å². The number of halogens is 2. The first-order valence-corrected chi connectivity index (χ1v) is 10.0. The van der Waals surface area contributed by atoms with E-state index in [9.17, 15) is 17.2 Å². The molecule has 0 saturated carbocycles. The molecule has 0 N–H and O–H groups in total. The van der Waals surface area contributed by atoms with Crippen molar-refractivity contribution < 1.29 is 17.2 Å². The fourth-order valence-corrected chi connectivity index (χ4v) is 4.79. The lowest BCUT2D eigenvalue weighted by Crippen LogP contribution is -2.42. The Bertz CT molecular complexity index is 891. The van der Waals surface area contributed by atoms with E-state index in [-0.39, 0.29) is 6.54 Å². The summed E-state index contributed by atoms with van der Waals surface area (Å²) < 4.78 is 56.5. The van der Waals surface area contributed by atoms with E-state index in [1.54, 1.807) is 11.6 Å². The first-order valence-electron chi connectivity index (χ1n) is 8.61. The zero-order chi connectivity index (χ0) is 19.1. The first-order chi connectivity index (χ1) is 12.2. The van der Waals surface area contributed by atoms with Gasteiger partial charge in [0.15, 0.2) is 10.7 Å². The lowest BCUT2D eigenvalue weighted by Gasteiger charge is -2.31. The van der Waals surface area contributed by atoms with E-state index in [0.717, 1.165) is 28.9 Å². The van der Waals surface area contributed by atoms with Gasteiger partial charge in [-0.2, -0.15) is 9.40 Å². The van der Waals surface area contributed by atoms with Crippen molar-refractivity contribution in [3.63, 3.8) is 0 Å². The zero-order valence-electron chi connectivity index (χ0n) is 15.0. The second-order valence-electron chi connectivity index (χ2n) is 6.88. The molecular weight excluding hydrogens is 362 g/mol. The predicted molar refractivity (Wildman–Crippen MR) is 91.8 cm³/mol. The summed E-state index contributed by atoms with van der Waals surface area (Å²) in [5, 5.41) is 4.43. The number of aromatic nitrogens is 3. The number of sulfonamides is 1. The number of fused-ring (bicyclic) bond motifs is 1. The summed E-state index contributed by atoms with van der Waals surface area (Å²) in [5.74, 6) is -0.523. The molecule has 26 heavy (non-hydrogen) atoms. The van der Waals surface area contributed by atoms with Crippen LogP contribution in [0.3, 0.4) is 0 Å². The molecule has 9 heteroatoms. The maximum Gasteiger partial charge on any atom is 0.249 e. The third-order valence-corrected chi connectivity index (χ3v) is 6.54. The van der Waals surface area contributed by atoms with Crippen LogP contribution in [0.1, 0.15) is 44.9 Å². The van der Waals surface area contributed by atoms with E-state index >= 15 is 0 Å². The van der Waals surface area contributed by atoms with Crippen molar-refractivity contribution in [2.45, 2.75) is 51.1 Å². The van der Waals surface area contributed by atoms with Crippen molar-refractivity contribution in [2.24, 2.45) is 5.92 Å². The van der Waals surface area contributed by atoms with E-state index in [4.69, 9.17) is 0 Å². The highest BCUT2D eigenvalue weighted by molar-refractivity contribution is 7.89. The predicted octanol–water partition coefficient (Wildman–Crippen LogP) is 2.91. The van der Waals surface area contributed by atoms with E-state index in [1.165, 1.54) is 0 Å². The van der Waals surface area contributed by atoms with Gasteiger partial charge in [-0.25, -0.2) is 26.9 Å². The van der Waals surface area contributed by atoms with E-state index < -0.39 is 32.6 Å². The Morgan fingerprint density at radius 1 is 1.23 bits per heavy atom. The molecule has 1 aliphatic rings. The molecule has 0 amide bonds. The van der Waals surface area contributed by atoms with Gasteiger partial charge in [-0.05, 0) is 31.4 Å². The summed E-state index contributed by atoms with van der Waals surface area (Å²) in [7, 11) is -4.33. The lowest BCUT2D eigenvalue weighted by atomic mass is 10.1. The minimum absolute atomic E-state index is 0.0806. The fraction of sp³-hybridized carbons (Fsp3) is 0.529. The highest BCUT2D eigenvalue weighted by Crippen LogP contribution is 2.32. The van der Waals surface area contributed by atoms with E-state index in [1.807, 2.05) is 0 Å². The topological polar surface area (TPSA) is 68.1 Å². The highest BCUT2D eigenvalue weighted by atomic mass is 32.2. The Balaban J connectivity index is 1.92. The van der Waals surface area contributed by atoms with Gasteiger partial charge in [0.1, 0.15) is 17.5 Å². The third-order valence-electron chi connectivity index (χ3n) is 4.51. The molecule has 0 spiro atoms. The van der Waals surface area contributed by atoms with Gasteiger partial charge < -0.3 is 0 Å². The van der Waals surface area contributed by atoms with Crippen molar-refractivity contribution in [1.29, 1.82) is 0 Å². The molecule has 0 radical (unpaired) electrons. The molecule has 0 bridgehead atoms. The van der Waals surface area contributed by atoms with Crippen molar-refractivity contribution in [1.82, 2.24) is 19.1 Å². The van der Waals surface area contributed by atoms with E-state index in [2.05, 4.69) is 23.9 Å². The maximum absolute atomic E-state index is 14.0. The van der Waals surface area contributed by atoms with Gasteiger partial charge in [0.05, 0.1) is 12.6 Å². The van der Waals surface area contributed by atoms with Gasteiger partial charge in [0.25, 0.3) is 0 Å². The van der Waals surface area contributed by atoms with Crippen LogP contribution in [0.5, 0.6) is 0 Å². The normalized spacial score (nSPS) is 18.3. The van der Waals surface area contributed by atoms with Gasteiger partial charge in [0, 0.05) is 13.0 Å². The number of nitrogens with zero attached hydrogens (tertiary/aromatic N) is 4. The molecule has 0 unspecified atom stereocenters. The Hall–Kier alpha value is -1.87. The second kappa shape index (κ2) is 7.03. The van der Waals surface area contributed by atoms with Crippen molar-refractivity contribution in [2.75, 3.05) is 6.54 Å². The Morgan fingerprint density at radius 2 is 1.88 bits per heavy atom. The van der Waals surface area contributed by atoms with Crippen LogP contribution in [-0.4, -0.2) is 34.0 Å². The summed E-state index contributed by atoms with van der Waals surface area (Å²) in [6.07, 6.45) is 1.64. The summed E-state index contributed by atoms with van der Waals surface area (Å²) in [4.78, 5) is 3.55. The third kappa shape index (κ3) is 3.37. The van der Waals surface area contributed by atoms with Gasteiger partial charge in [-0.1, -0.05) is 19.9 Å². The van der Waals surface area contributed by atoms with Gasteiger partial charge in [-0.15, -0.1) is 0 Å². The Morgan fingerprint density at radius 3 is 2.50 bits per heavy atom. The van der Waals surface area contributed by atoms with E-state index in [0.29, 0.717) is 30.5 Å². The molecule has 2 heterocycles. The molecule has 1 aromatic heterocycles. The molecule has 0 aliphatic carbocycles. The largest absolute Gasteiger partial charge is 0.249 e. The standard InChI is InChI=1S/C17H22F2N4O2S/c1-11(2)7-8-15-20-17-12(3)23(10-9-22(17)21-15)26(24,25)16-13(18)5-4-6-14(16)19/h4-6,11-12H,7-10H2,1-3H3/t12-/m1/s1. The van der Waals surface area contributed by atoms with Crippen LogP contribution in [0.15, 0.2) is 23.1 Å². The molecule has 0 fully saturated rings. The average molecular weight is 384 g/mol. The number of aryl methyl sites for hydroxylation is 1. The molecule has 1 aliphatic heterocycles. The molecule has 3 rings (SSSR count).